The molecule has 1 aliphatic heterocycles. The van der Waals surface area contributed by atoms with Crippen molar-refractivity contribution in [1.82, 2.24) is 0 Å². The van der Waals surface area contributed by atoms with E-state index in [9.17, 15) is 32.3 Å². The van der Waals surface area contributed by atoms with E-state index in [0.717, 1.165) is 47.4 Å². The van der Waals surface area contributed by atoms with E-state index in [1.54, 1.807) is 0 Å². The van der Waals surface area contributed by atoms with Crippen molar-refractivity contribution < 1.29 is 37.0 Å². The fraction of sp³-hybridized carbons (Fsp3) is 0.0833. The summed E-state index contributed by atoms with van der Waals surface area (Å²) in [5.41, 5.74) is -0.638. The molecule has 168 valence electrons. The summed E-state index contributed by atoms with van der Waals surface area (Å²) in [7, 11) is 1.27. The molecular formula is C24H15F4NO4. The molecule has 1 N–H and O–H groups in total. The number of ether oxygens (including phenoxy) is 1. The summed E-state index contributed by atoms with van der Waals surface area (Å²) in [5.74, 6) is -6.81. The van der Waals surface area contributed by atoms with Crippen molar-refractivity contribution in [3.8, 4) is 5.75 Å². The SMILES string of the molecule is COc1ccc(F)cc1/C(O)=C1\C(=O)C(=O)N(c2ccc(F)c(F)c2)C1c1ccc(F)cc1. The Balaban J connectivity index is 1.99. The van der Waals surface area contributed by atoms with Crippen LogP contribution in [-0.2, 0) is 9.59 Å². The molecule has 1 saturated heterocycles. The van der Waals surface area contributed by atoms with Crippen LogP contribution in [0.25, 0.3) is 5.76 Å². The molecule has 1 fully saturated rings. The number of methoxy groups -OCH3 is 1. The molecule has 0 aromatic heterocycles. The van der Waals surface area contributed by atoms with Crippen LogP contribution in [0.1, 0.15) is 17.2 Å². The van der Waals surface area contributed by atoms with Gasteiger partial charge >= 0.3 is 0 Å². The summed E-state index contributed by atoms with van der Waals surface area (Å²) in [6.45, 7) is 0. The lowest BCUT2D eigenvalue weighted by Gasteiger charge is -2.25. The van der Waals surface area contributed by atoms with Crippen molar-refractivity contribution in [1.29, 1.82) is 0 Å². The molecule has 1 atom stereocenters. The Bertz CT molecular complexity index is 1300. The molecule has 0 spiro atoms. The second kappa shape index (κ2) is 8.42. The predicted molar refractivity (Wildman–Crippen MR) is 110 cm³/mol. The van der Waals surface area contributed by atoms with Gasteiger partial charge in [0.15, 0.2) is 11.6 Å². The molecule has 1 amide bonds. The number of amides is 1. The van der Waals surface area contributed by atoms with E-state index in [1.807, 2.05) is 0 Å². The fourth-order valence-corrected chi connectivity index (χ4v) is 3.70. The first-order valence-corrected chi connectivity index (χ1v) is 9.58. The quantitative estimate of drug-likeness (QED) is 0.263. The van der Waals surface area contributed by atoms with Crippen molar-refractivity contribution >= 4 is 23.1 Å². The topological polar surface area (TPSA) is 66.8 Å². The summed E-state index contributed by atoms with van der Waals surface area (Å²) >= 11 is 0. The number of hydrogen-bond donors (Lipinski definition) is 1. The lowest BCUT2D eigenvalue weighted by Crippen LogP contribution is -2.29. The zero-order valence-corrected chi connectivity index (χ0v) is 17.0. The number of benzene rings is 3. The van der Waals surface area contributed by atoms with Gasteiger partial charge in [0.2, 0.25) is 0 Å². The first kappa shape index (κ1) is 22.1. The van der Waals surface area contributed by atoms with Crippen LogP contribution in [0.2, 0.25) is 0 Å². The fourth-order valence-electron chi connectivity index (χ4n) is 3.70. The number of ketones is 1. The van der Waals surface area contributed by atoms with Crippen LogP contribution in [0, 0.1) is 23.3 Å². The monoisotopic (exact) mass is 457 g/mol. The lowest BCUT2D eigenvalue weighted by molar-refractivity contribution is -0.132. The van der Waals surface area contributed by atoms with Gasteiger partial charge in [0, 0.05) is 11.8 Å². The highest BCUT2D eigenvalue weighted by atomic mass is 19.2. The van der Waals surface area contributed by atoms with E-state index in [0.29, 0.717) is 0 Å². The van der Waals surface area contributed by atoms with Crippen molar-refractivity contribution in [2.45, 2.75) is 6.04 Å². The van der Waals surface area contributed by atoms with Gasteiger partial charge in [-0.05, 0) is 48.0 Å². The number of nitrogens with zero attached hydrogens (tertiary/aromatic N) is 1. The summed E-state index contributed by atoms with van der Waals surface area (Å²) in [4.78, 5) is 26.8. The first-order chi connectivity index (χ1) is 15.7. The van der Waals surface area contributed by atoms with Gasteiger partial charge in [0.05, 0.1) is 24.3 Å². The Morgan fingerprint density at radius 2 is 1.55 bits per heavy atom. The Morgan fingerprint density at radius 3 is 2.18 bits per heavy atom. The maximum atomic E-state index is 13.9. The molecule has 5 nitrogen and oxygen atoms in total. The number of hydrogen-bond acceptors (Lipinski definition) is 4. The highest BCUT2D eigenvalue weighted by Crippen LogP contribution is 2.43. The first-order valence-electron chi connectivity index (χ1n) is 9.58. The zero-order valence-electron chi connectivity index (χ0n) is 17.0. The Kier molecular flexibility index (Phi) is 5.63. The number of Topliss-reactive ketones (excluding diaryl/α,β-unsaturated/α-hetero) is 1. The number of halogens is 4. The predicted octanol–water partition coefficient (Wildman–Crippen LogP) is 4.88. The molecule has 0 saturated carbocycles. The smallest absolute Gasteiger partial charge is 0.300 e. The normalized spacial score (nSPS) is 17.5. The lowest BCUT2D eigenvalue weighted by atomic mass is 9.94. The zero-order chi connectivity index (χ0) is 23.9. The molecule has 1 heterocycles. The van der Waals surface area contributed by atoms with Crippen LogP contribution >= 0.6 is 0 Å². The van der Waals surface area contributed by atoms with Crippen LogP contribution in [0.5, 0.6) is 5.75 Å². The van der Waals surface area contributed by atoms with Crippen LogP contribution in [0.15, 0.2) is 66.2 Å². The Morgan fingerprint density at radius 1 is 0.879 bits per heavy atom. The van der Waals surface area contributed by atoms with Crippen molar-refractivity contribution in [2.75, 3.05) is 12.0 Å². The highest BCUT2D eigenvalue weighted by molar-refractivity contribution is 6.51. The average Bonchev–Trinajstić information content (AvgIpc) is 3.06. The minimum Gasteiger partial charge on any atom is -0.507 e. The summed E-state index contributed by atoms with van der Waals surface area (Å²) in [6.07, 6.45) is 0. The van der Waals surface area contributed by atoms with E-state index < -0.39 is 52.3 Å². The van der Waals surface area contributed by atoms with Crippen LogP contribution in [0.4, 0.5) is 23.2 Å². The van der Waals surface area contributed by atoms with E-state index >= 15 is 0 Å². The number of rotatable bonds is 4. The van der Waals surface area contributed by atoms with Gasteiger partial charge in [-0.3, -0.25) is 14.5 Å². The molecule has 33 heavy (non-hydrogen) atoms. The molecule has 0 bridgehead atoms. The summed E-state index contributed by atoms with van der Waals surface area (Å²) in [6, 6.07) is 9.15. The second-order valence-corrected chi connectivity index (χ2v) is 7.16. The van der Waals surface area contributed by atoms with Crippen molar-refractivity contribution in [3.63, 3.8) is 0 Å². The minimum absolute atomic E-state index is 0.0192. The standard InChI is InChI=1S/C24H15F4NO4/c1-33-19-9-6-14(26)10-16(19)22(30)20-21(12-2-4-13(25)5-3-12)29(24(32)23(20)31)15-7-8-17(27)18(28)11-15/h2-11,21,30H,1H3/b22-20+. The van der Waals surface area contributed by atoms with Gasteiger partial charge in [-0.1, -0.05) is 12.1 Å². The van der Waals surface area contributed by atoms with Crippen molar-refractivity contribution in [3.05, 3.63) is 101 Å². The molecule has 9 heteroatoms. The van der Waals surface area contributed by atoms with Crippen molar-refractivity contribution in [2.24, 2.45) is 0 Å². The van der Waals surface area contributed by atoms with E-state index in [-0.39, 0.29) is 22.6 Å². The molecule has 1 aliphatic rings. The van der Waals surface area contributed by atoms with Crippen LogP contribution < -0.4 is 9.64 Å². The third-order valence-corrected chi connectivity index (χ3v) is 5.23. The Labute approximate surface area is 185 Å². The molecule has 0 aliphatic carbocycles. The third kappa shape index (κ3) is 3.82. The van der Waals surface area contributed by atoms with E-state index in [4.69, 9.17) is 4.74 Å². The maximum Gasteiger partial charge on any atom is 0.300 e. The maximum absolute atomic E-state index is 13.9. The number of anilines is 1. The van der Waals surface area contributed by atoms with Gasteiger partial charge in [0.25, 0.3) is 11.7 Å². The van der Waals surface area contributed by atoms with Crippen LogP contribution in [0.3, 0.4) is 0 Å². The largest absolute Gasteiger partial charge is 0.507 e. The summed E-state index contributed by atoms with van der Waals surface area (Å²) in [5, 5.41) is 11.0. The van der Waals surface area contributed by atoms with Crippen LogP contribution in [-0.4, -0.2) is 23.9 Å². The van der Waals surface area contributed by atoms with Gasteiger partial charge in [-0.2, -0.15) is 0 Å². The van der Waals surface area contributed by atoms with E-state index in [2.05, 4.69) is 0 Å². The van der Waals surface area contributed by atoms with Gasteiger partial charge < -0.3 is 9.84 Å². The number of carbonyl (C=O) groups is 2. The highest BCUT2D eigenvalue weighted by Gasteiger charge is 2.47. The average molecular weight is 457 g/mol. The third-order valence-electron chi connectivity index (χ3n) is 5.23. The number of aliphatic hydroxyl groups is 1. The number of carbonyl (C=O) groups excluding carboxylic acids is 2. The number of aliphatic hydroxyl groups excluding tert-OH is 1. The van der Waals surface area contributed by atoms with Gasteiger partial charge in [-0.25, -0.2) is 17.6 Å². The molecule has 1 unspecified atom stereocenters. The molecule has 0 radical (unpaired) electrons. The second-order valence-electron chi connectivity index (χ2n) is 7.16. The minimum atomic E-state index is -1.34. The Hall–Kier alpha value is -4.14. The summed E-state index contributed by atoms with van der Waals surface area (Å²) < 4.78 is 60.0. The molecular weight excluding hydrogens is 442 g/mol. The molecule has 3 aromatic rings. The molecule has 3 aromatic carbocycles. The molecule has 4 rings (SSSR count). The van der Waals surface area contributed by atoms with Gasteiger partial charge in [0.1, 0.15) is 23.1 Å². The van der Waals surface area contributed by atoms with E-state index in [1.165, 1.54) is 25.3 Å². The van der Waals surface area contributed by atoms with Gasteiger partial charge in [-0.15, -0.1) is 0 Å².